The third-order valence-electron chi connectivity index (χ3n) is 3.97. The third kappa shape index (κ3) is 4.38. The van der Waals surface area contributed by atoms with Gasteiger partial charge in [0.25, 0.3) is 5.69 Å². The zero-order chi connectivity index (χ0) is 20.1. The van der Waals surface area contributed by atoms with Crippen molar-refractivity contribution in [1.29, 1.82) is 0 Å². The number of aromatic hydroxyl groups is 1. The van der Waals surface area contributed by atoms with E-state index in [0.717, 1.165) is 0 Å². The second kappa shape index (κ2) is 8.40. The summed E-state index contributed by atoms with van der Waals surface area (Å²) >= 11 is 0. The maximum absolute atomic E-state index is 12.0. The molecule has 0 bridgehead atoms. The number of hydrogen-bond acceptors (Lipinski definition) is 8. The number of carbonyl (C=O) groups is 1. The van der Waals surface area contributed by atoms with Crippen LogP contribution >= 0.6 is 0 Å². The summed E-state index contributed by atoms with van der Waals surface area (Å²) in [6.07, 6.45) is 2.71. The summed E-state index contributed by atoms with van der Waals surface area (Å²) in [6.45, 7) is 0.0149. The summed E-state index contributed by atoms with van der Waals surface area (Å²) in [6, 6.07) is 7.29. The molecule has 2 aromatic carbocycles. The normalized spacial score (nSPS) is 12.9. The van der Waals surface area contributed by atoms with Crippen molar-refractivity contribution in [2.24, 2.45) is 0 Å². The first-order chi connectivity index (χ1) is 13.5. The lowest BCUT2D eigenvalue weighted by atomic mass is 10.1. The predicted molar refractivity (Wildman–Crippen MR) is 96.9 cm³/mol. The molecule has 2 aromatic rings. The van der Waals surface area contributed by atoms with Gasteiger partial charge >= 0.3 is 5.97 Å². The van der Waals surface area contributed by atoms with Crippen LogP contribution in [0.15, 0.2) is 36.4 Å². The van der Waals surface area contributed by atoms with Gasteiger partial charge in [-0.1, -0.05) is 6.07 Å². The van der Waals surface area contributed by atoms with Gasteiger partial charge in [-0.05, 0) is 23.8 Å². The van der Waals surface area contributed by atoms with Crippen molar-refractivity contribution in [1.82, 2.24) is 0 Å². The van der Waals surface area contributed by atoms with E-state index in [-0.39, 0.29) is 37.2 Å². The van der Waals surface area contributed by atoms with Crippen LogP contribution < -0.4 is 9.47 Å². The minimum absolute atomic E-state index is 0.0124. The van der Waals surface area contributed by atoms with E-state index in [9.17, 15) is 20.0 Å². The highest BCUT2D eigenvalue weighted by molar-refractivity contribution is 5.87. The summed E-state index contributed by atoms with van der Waals surface area (Å²) in [5.41, 5.74) is 1.41. The molecular formula is C19H17NO8. The van der Waals surface area contributed by atoms with Crippen molar-refractivity contribution in [2.75, 3.05) is 13.9 Å². The van der Waals surface area contributed by atoms with Crippen LogP contribution in [0.25, 0.3) is 6.08 Å². The average molecular weight is 387 g/mol. The van der Waals surface area contributed by atoms with Crippen molar-refractivity contribution in [3.63, 3.8) is 0 Å². The number of nitro benzene ring substituents is 1. The molecular weight excluding hydrogens is 370 g/mol. The number of phenolic OH excluding ortho intramolecular Hbond substituents is 1. The van der Waals surface area contributed by atoms with Crippen LogP contribution in [0.2, 0.25) is 0 Å². The van der Waals surface area contributed by atoms with Crippen molar-refractivity contribution in [3.05, 3.63) is 63.2 Å². The minimum atomic E-state index is -0.639. The Hall–Kier alpha value is -3.59. The van der Waals surface area contributed by atoms with Gasteiger partial charge < -0.3 is 24.1 Å². The number of benzene rings is 2. The molecule has 1 aliphatic rings. The van der Waals surface area contributed by atoms with Crippen LogP contribution in [0, 0.1) is 10.1 Å². The van der Waals surface area contributed by atoms with E-state index in [0.29, 0.717) is 22.4 Å². The maximum Gasteiger partial charge on any atom is 0.331 e. The van der Waals surface area contributed by atoms with Crippen LogP contribution in [0.5, 0.6) is 17.2 Å². The molecule has 0 spiro atoms. The van der Waals surface area contributed by atoms with Gasteiger partial charge in [0.2, 0.25) is 0 Å². The first-order valence-electron chi connectivity index (χ1n) is 8.20. The van der Waals surface area contributed by atoms with E-state index in [1.807, 2.05) is 0 Å². The molecule has 9 nitrogen and oxygen atoms in total. The third-order valence-corrected chi connectivity index (χ3v) is 3.97. The lowest BCUT2D eigenvalue weighted by Crippen LogP contribution is -2.14. The van der Waals surface area contributed by atoms with Crippen LogP contribution in [0.1, 0.15) is 16.7 Å². The van der Waals surface area contributed by atoms with E-state index in [1.54, 1.807) is 12.1 Å². The number of fused-ring (bicyclic) bond motifs is 1. The second-order valence-corrected chi connectivity index (χ2v) is 5.83. The zero-order valence-electron chi connectivity index (χ0n) is 14.9. The van der Waals surface area contributed by atoms with E-state index in [2.05, 4.69) is 0 Å². The van der Waals surface area contributed by atoms with Crippen LogP contribution in [0.3, 0.4) is 0 Å². The summed E-state index contributed by atoms with van der Waals surface area (Å²) in [5.74, 6) is 0.0519. The molecule has 146 valence electrons. The number of nitro groups is 1. The standard InChI is InChI=1S/C19H17NO8/c1-25-17-6-12(2-4-16(17)21)3-5-18(22)27-10-14-8-15(20(23)24)7-13-9-26-11-28-19(13)14/h2-8,21H,9-11H2,1H3/b5-3+. The van der Waals surface area contributed by atoms with E-state index in [1.165, 1.54) is 37.5 Å². The molecule has 0 amide bonds. The summed E-state index contributed by atoms with van der Waals surface area (Å²) in [4.78, 5) is 22.6. The molecule has 0 aromatic heterocycles. The van der Waals surface area contributed by atoms with Crippen molar-refractivity contribution < 1.29 is 33.8 Å². The Bertz CT molecular complexity index is 938. The Morgan fingerprint density at radius 1 is 1.36 bits per heavy atom. The average Bonchev–Trinajstić information content (AvgIpc) is 2.71. The Morgan fingerprint density at radius 3 is 2.93 bits per heavy atom. The highest BCUT2D eigenvalue weighted by Gasteiger charge is 2.21. The van der Waals surface area contributed by atoms with Gasteiger partial charge in [0.05, 0.1) is 18.6 Å². The lowest BCUT2D eigenvalue weighted by Gasteiger charge is -2.20. The van der Waals surface area contributed by atoms with E-state index >= 15 is 0 Å². The summed E-state index contributed by atoms with van der Waals surface area (Å²) in [7, 11) is 1.42. The Morgan fingerprint density at radius 2 is 2.18 bits per heavy atom. The van der Waals surface area contributed by atoms with Gasteiger partial charge in [-0.15, -0.1) is 0 Å². The Kier molecular flexibility index (Phi) is 5.75. The number of esters is 1. The monoisotopic (exact) mass is 387 g/mol. The largest absolute Gasteiger partial charge is 0.504 e. The van der Waals surface area contributed by atoms with Gasteiger partial charge in [-0.2, -0.15) is 0 Å². The Labute approximate surface area is 159 Å². The molecule has 3 rings (SSSR count). The first kappa shape index (κ1) is 19.2. The molecule has 0 radical (unpaired) electrons. The van der Waals surface area contributed by atoms with E-state index < -0.39 is 10.9 Å². The van der Waals surface area contributed by atoms with Gasteiger partial charge in [0.1, 0.15) is 12.4 Å². The topological polar surface area (TPSA) is 117 Å². The molecule has 0 saturated heterocycles. The lowest BCUT2D eigenvalue weighted by molar-refractivity contribution is -0.385. The molecule has 0 fully saturated rings. The fraction of sp³-hybridized carbons (Fsp3) is 0.211. The summed E-state index contributed by atoms with van der Waals surface area (Å²) < 4.78 is 20.7. The van der Waals surface area contributed by atoms with Gasteiger partial charge in [-0.25, -0.2) is 4.79 Å². The highest BCUT2D eigenvalue weighted by Crippen LogP contribution is 2.33. The molecule has 9 heteroatoms. The quantitative estimate of drug-likeness (QED) is 0.348. The Balaban J connectivity index is 1.70. The highest BCUT2D eigenvalue weighted by atomic mass is 16.7. The number of methoxy groups -OCH3 is 1. The number of ether oxygens (including phenoxy) is 4. The number of non-ortho nitro benzene ring substituents is 1. The predicted octanol–water partition coefficient (Wildman–Crippen LogP) is 2.93. The fourth-order valence-electron chi connectivity index (χ4n) is 2.65. The van der Waals surface area contributed by atoms with Gasteiger partial charge in [-0.3, -0.25) is 10.1 Å². The van der Waals surface area contributed by atoms with Crippen LogP contribution in [-0.4, -0.2) is 29.9 Å². The van der Waals surface area contributed by atoms with E-state index in [4.69, 9.17) is 18.9 Å². The molecule has 1 N–H and O–H groups in total. The molecule has 0 unspecified atom stereocenters. The number of hydrogen-bond donors (Lipinski definition) is 1. The number of phenols is 1. The number of nitrogens with zero attached hydrogens (tertiary/aromatic N) is 1. The smallest absolute Gasteiger partial charge is 0.331 e. The van der Waals surface area contributed by atoms with Crippen molar-refractivity contribution in [2.45, 2.75) is 13.2 Å². The van der Waals surface area contributed by atoms with Crippen molar-refractivity contribution >= 4 is 17.7 Å². The molecule has 1 aliphatic heterocycles. The van der Waals surface area contributed by atoms with Gasteiger partial charge in [0.15, 0.2) is 18.3 Å². The number of rotatable bonds is 6. The molecule has 28 heavy (non-hydrogen) atoms. The molecule has 1 heterocycles. The molecule has 0 aliphatic carbocycles. The molecule has 0 atom stereocenters. The van der Waals surface area contributed by atoms with Crippen LogP contribution in [-0.2, 0) is 27.5 Å². The molecule has 0 saturated carbocycles. The summed E-state index contributed by atoms with van der Waals surface area (Å²) in [5, 5.41) is 20.7. The SMILES string of the molecule is COc1cc(/C=C/C(=O)OCc2cc([N+](=O)[O-])cc3c2OCOC3)ccc1O. The number of carbonyl (C=O) groups excluding carboxylic acids is 1. The zero-order valence-corrected chi connectivity index (χ0v) is 14.9. The van der Waals surface area contributed by atoms with Gasteiger partial charge in [0, 0.05) is 29.3 Å². The minimum Gasteiger partial charge on any atom is -0.504 e. The maximum atomic E-state index is 12.0. The van der Waals surface area contributed by atoms with Crippen molar-refractivity contribution in [3.8, 4) is 17.2 Å². The first-order valence-corrected chi connectivity index (χ1v) is 8.20. The second-order valence-electron chi connectivity index (χ2n) is 5.83. The fourth-order valence-corrected chi connectivity index (χ4v) is 2.65. The van der Waals surface area contributed by atoms with Crippen LogP contribution in [0.4, 0.5) is 5.69 Å².